The van der Waals surface area contributed by atoms with Crippen LogP contribution in [0.3, 0.4) is 0 Å². The largest absolute Gasteiger partial charge is 0.481 e. The lowest BCUT2D eigenvalue weighted by Gasteiger charge is -2.31. The van der Waals surface area contributed by atoms with E-state index in [0.29, 0.717) is 12.8 Å². The topological polar surface area (TPSA) is 56.7 Å². The first kappa shape index (κ1) is 13.8. The first-order valence-corrected chi connectivity index (χ1v) is 6.63. The molecule has 0 unspecified atom stereocenters. The molecule has 5 nitrogen and oxygen atoms in total. The molecule has 2 heterocycles. The second-order valence-electron chi connectivity index (χ2n) is 5.36. The van der Waals surface area contributed by atoms with E-state index in [9.17, 15) is 4.79 Å². The molecule has 1 aliphatic heterocycles. The van der Waals surface area contributed by atoms with E-state index in [-0.39, 0.29) is 5.92 Å². The molecule has 1 aromatic heterocycles. The maximum Gasteiger partial charge on any atom is 0.306 e. The number of anilines is 1. The van der Waals surface area contributed by atoms with Crippen LogP contribution in [0, 0.1) is 5.92 Å². The summed E-state index contributed by atoms with van der Waals surface area (Å²) in [6.45, 7) is 2.43. The number of aliphatic carboxylic acids is 1. The number of nitrogens with zero attached hydrogens (tertiary/aromatic N) is 3. The number of pyridine rings is 1. The zero-order valence-corrected chi connectivity index (χ0v) is 11.5. The van der Waals surface area contributed by atoms with Gasteiger partial charge in [0.15, 0.2) is 0 Å². The van der Waals surface area contributed by atoms with Crippen LogP contribution in [0.4, 0.5) is 5.82 Å². The summed E-state index contributed by atoms with van der Waals surface area (Å²) in [6.07, 6.45) is 3.31. The predicted molar refractivity (Wildman–Crippen MR) is 74.2 cm³/mol. The Bertz CT molecular complexity index is 423. The highest BCUT2D eigenvalue weighted by Crippen LogP contribution is 2.22. The zero-order chi connectivity index (χ0) is 13.8. The highest BCUT2D eigenvalue weighted by molar-refractivity contribution is 5.70. The summed E-state index contributed by atoms with van der Waals surface area (Å²) >= 11 is 0. The molecule has 0 radical (unpaired) electrons. The van der Waals surface area contributed by atoms with E-state index in [1.165, 1.54) is 5.56 Å². The molecular formula is C14H21N3O2. The summed E-state index contributed by atoms with van der Waals surface area (Å²) in [5.74, 6) is 0.0875. The quantitative estimate of drug-likeness (QED) is 0.891. The van der Waals surface area contributed by atoms with Crippen molar-refractivity contribution in [3.05, 3.63) is 23.9 Å². The summed E-state index contributed by atoms with van der Waals surface area (Å²) in [7, 11) is 4.06. The third-order valence-electron chi connectivity index (χ3n) is 3.48. The van der Waals surface area contributed by atoms with Gasteiger partial charge in [0.2, 0.25) is 0 Å². The molecule has 0 spiro atoms. The molecule has 2 rings (SSSR count). The summed E-state index contributed by atoms with van der Waals surface area (Å²) in [5, 5.41) is 8.98. The minimum Gasteiger partial charge on any atom is -0.481 e. The van der Waals surface area contributed by atoms with Gasteiger partial charge in [-0.05, 0) is 38.6 Å². The van der Waals surface area contributed by atoms with Gasteiger partial charge in [-0.25, -0.2) is 4.98 Å². The fourth-order valence-electron chi connectivity index (χ4n) is 2.42. The van der Waals surface area contributed by atoms with Crippen LogP contribution < -0.4 is 4.90 Å². The van der Waals surface area contributed by atoms with Gasteiger partial charge >= 0.3 is 5.97 Å². The third kappa shape index (κ3) is 3.67. The van der Waals surface area contributed by atoms with Crippen molar-refractivity contribution >= 4 is 11.8 Å². The fourth-order valence-corrected chi connectivity index (χ4v) is 2.42. The Kier molecular flexibility index (Phi) is 4.37. The molecule has 0 amide bonds. The summed E-state index contributed by atoms with van der Waals surface area (Å²) in [5.41, 5.74) is 1.19. The van der Waals surface area contributed by atoms with Crippen LogP contribution in [0.25, 0.3) is 0 Å². The van der Waals surface area contributed by atoms with Crippen molar-refractivity contribution in [1.29, 1.82) is 0 Å². The van der Waals surface area contributed by atoms with Gasteiger partial charge in [0, 0.05) is 25.8 Å². The second-order valence-corrected chi connectivity index (χ2v) is 5.36. The van der Waals surface area contributed by atoms with E-state index in [4.69, 9.17) is 5.11 Å². The standard InChI is InChI=1S/C14H21N3O2/c1-16(2)10-11-3-4-13(15-9-11)17-7-5-12(6-8-17)14(18)19/h3-4,9,12H,5-8,10H2,1-2H3,(H,18,19). The van der Waals surface area contributed by atoms with Gasteiger partial charge in [0.05, 0.1) is 5.92 Å². The Hall–Kier alpha value is -1.62. The molecule has 1 aliphatic rings. The number of hydrogen-bond donors (Lipinski definition) is 1. The first-order chi connectivity index (χ1) is 9.06. The molecule has 1 fully saturated rings. The van der Waals surface area contributed by atoms with E-state index in [1.54, 1.807) is 0 Å². The number of carboxylic acid groups (broad SMARTS) is 1. The molecule has 1 saturated heterocycles. The van der Waals surface area contributed by atoms with Crippen molar-refractivity contribution in [3.63, 3.8) is 0 Å². The van der Waals surface area contributed by atoms with Gasteiger partial charge in [-0.3, -0.25) is 4.79 Å². The Labute approximate surface area is 113 Å². The second kappa shape index (κ2) is 6.02. The van der Waals surface area contributed by atoms with Crippen LogP contribution in [0.5, 0.6) is 0 Å². The first-order valence-electron chi connectivity index (χ1n) is 6.63. The smallest absolute Gasteiger partial charge is 0.306 e. The van der Waals surface area contributed by atoms with Crippen LogP contribution in [0.15, 0.2) is 18.3 Å². The molecule has 104 valence electrons. The molecule has 19 heavy (non-hydrogen) atoms. The Morgan fingerprint density at radius 3 is 2.58 bits per heavy atom. The average Bonchev–Trinajstić information content (AvgIpc) is 2.39. The Balaban J connectivity index is 1.94. The molecule has 0 aromatic carbocycles. The SMILES string of the molecule is CN(C)Cc1ccc(N2CCC(C(=O)O)CC2)nc1. The molecule has 0 aliphatic carbocycles. The van der Waals surface area contributed by atoms with Crippen molar-refractivity contribution in [2.75, 3.05) is 32.1 Å². The van der Waals surface area contributed by atoms with Gasteiger partial charge < -0.3 is 14.9 Å². The normalized spacial score (nSPS) is 16.9. The minimum atomic E-state index is -0.672. The number of piperidine rings is 1. The highest BCUT2D eigenvalue weighted by atomic mass is 16.4. The van der Waals surface area contributed by atoms with E-state index >= 15 is 0 Å². The predicted octanol–water partition coefficient (Wildman–Crippen LogP) is 1.44. The number of carbonyl (C=O) groups is 1. The summed E-state index contributed by atoms with van der Waals surface area (Å²) < 4.78 is 0. The van der Waals surface area contributed by atoms with Crippen LogP contribution >= 0.6 is 0 Å². The lowest BCUT2D eigenvalue weighted by molar-refractivity contribution is -0.142. The lowest BCUT2D eigenvalue weighted by Crippen LogP contribution is -2.36. The molecule has 0 atom stereocenters. The zero-order valence-electron chi connectivity index (χ0n) is 11.5. The Morgan fingerprint density at radius 2 is 2.11 bits per heavy atom. The molecular weight excluding hydrogens is 242 g/mol. The van der Waals surface area contributed by atoms with Crippen molar-refractivity contribution in [2.45, 2.75) is 19.4 Å². The summed E-state index contributed by atoms with van der Waals surface area (Å²) in [4.78, 5) is 19.7. The Morgan fingerprint density at radius 1 is 1.42 bits per heavy atom. The van der Waals surface area contributed by atoms with Crippen molar-refractivity contribution in [1.82, 2.24) is 9.88 Å². The average molecular weight is 263 g/mol. The van der Waals surface area contributed by atoms with E-state index in [2.05, 4.69) is 20.9 Å². The highest BCUT2D eigenvalue weighted by Gasteiger charge is 2.24. The van der Waals surface area contributed by atoms with Gasteiger partial charge in [-0.2, -0.15) is 0 Å². The van der Waals surface area contributed by atoms with Gasteiger partial charge in [0.1, 0.15) is 5.82 Å². The molecule has 0 saturated carbocycles. The van der Waals surface area contributed by atoms with Gasteiger partial charge in [-0.15, -0.1) is 0 Å². The van der Waals surface area contributed by atoms with Crippen LogP contribution in [-0.2, 0) is 11.3 Å². The van der Waals surface area contributed by atoms with Crippen molar-refractivity contribution < 1.29 is 9.90 Å². The monoisotopic (exact) mass is 263 g/mol. The van der Waals surface area contributed by atoms with Crippen LogP contribution in [-0.4, -0.2) is 48.1 Å². The molecule has 0 bridgehead atoms. The molecule has 1 aromatic rings. The van der Waals surface area contributed by atoms with Crippen molar-refractivity contribution in [2.24, 2.45) is 5.92 Å². The minimum absolute atomic E-state index is 0.190. The van der Waals surface area contributed by atoms with Gasteiger partial charge in [0.25, 0.3) is 0 Å². The molecule has 5 heteroatoms. The maximum absolute atomic E-state index is 10.9. The third-order valence-corrected chi connectivity index (χ3v) is 3.48. The van der Waals surface area contributed by atoms with Crippen LogP contribution in [0.2, 0.25) is 0 Å². The molecule has 1 N–H and O–H groups in total. The number of aromatic nitrogens is 1. The lowest BCUT2D eigenvalue weighted by atomic mass is 9.97. The number of rotatable bonds is 4. The van der Waals surface area contributed by atoms with Crippen molar-refractivity contribution in [3.8, 4) is 0 Å². The number of carboxylic acids is 1. The number of hydrogen-bond acceptors (Lipinski definition) is 4. The van der Waals surface area contributed by atoms with Gasteiger partial charge in [-0.1, -0.05) is 6.07 Å². The summed E-state index contributed by atoms with van der Waals surface area (Å²) in [6, 6.07) is 4.12. The van der Waals surface area contributed by atoms with E-state index < -0.39 is 5.97 Å². The maximum atomic E-state index is 10.9. The van der Waals surface area contributed by atoms with Crippen LogP contribution in [0.1, 0.15) is 18.4 Å². The van der Waals surface area contributed by atoms with E-state index in [1.807, 2.05) is 26.4 Å². The van der Waals surface area contributed by atoms with E-state index in [0.717, 1.165) is 25.5 Å². The fraction of sp³-hybridized carbons (Fsp3) is 0.571.